The van der Waals surface area contributed by atoms with Gasteiger partial charge in [-0.25, -0.2) is 0 Å². The maximum absolute atomic E-state index is 6.93. The molecule has 1 aromatic rings. The lowest BCUT2D eigenvalue weighted by atomic mass is 9.84. The Bertz CT molecular complexity index is 522. The zero-order valence-corrected chi connectivity index (χ0v) is 17.0. The van der Waals surface area contributed by atoms with Crippen LogP contribution < -0.4 is 0 Å². The Morgan fingerprint density at radius 2 is 1.68 bits per heavy atom. The normalized spacial score (nSPS) is 28.3. The van der Waals surface area contributed by atoms with Gasteiger partial charge >= 0.3 is 0 Å². The molecular formula is C18H30O2SSi. The number of benzene rings is 1. The summed E-state index contributed by atoms with van der Waals surface area (Å²) in [7, 11) is -1.90. The second kappa shape index (κ2) is 5.66. The van der Waals surface area contributed by atoms with E-state index in [1.165, 1.54) is 5.56 Å². The Balaban J connectivity index is 2.40. The summed E-state index contributed by atoms with van der Waals surface area (Å²) in [6.45, 7) is 15.8. The van der Waals surface area contributed by atoms with Crippen molar-refractivity contribution in [2.75, 3.05) is 6.26 Å². The second-order valence-corrected chi connectivity index (χ2v) is 13.9. The van der Waals surface area contributed by atoms with Crippen LogP contribution in [0.1, 0.15) is 46.3 Å². The Morgan fingerprint density at radius 3 is 2.09 bits per heavy atom. The van der Waals surface area contributed by atoms with Gasteiger partial charge in [0.15, 0.2) is 13.3 Å². The fourth-order valence-electron chi connectivity index (χ4n) is 2.73. The van der Waals surface area contributed by atoms with E-state index in [9.17, 15) is 0 Å². The predicted octanol–water partition coefficient (Wildman–Crippen LogP) is 5.62. The molecule has 2 rings (SSSR count). The molecule has 2 atom stereocenters. The lowest BCUT2D eigenvalue weighted by molar-refractivity contribution is -0.290. The SMILES string of the molecule is CS[C@@]1(O[Si](C)(C)C(C)(C)C)[C@@H](c2ccccc2)OC1(C)C. The van der Waals surface area contributed by atoms with Crippen molar-refractivity contribution in [3.63, 3.8) is 0 Å². The lowest BCUT2D eigenvalue weighted by Crippen LogP contribution is -2.69. The molecule has 1 saturated heterocycles. The Hall–Kier alpha value is -0.293. The van der Waals surface area contributed by atoms with Crippen LogP contribution in [0.2, 0.25) is 18.1 Å². The molecule has 0 amide bonds. The van der Waals surface area contributed by atoms with Crippen LogP contribution in [-0.2, 0) is 9.16 Å². The minimum atomic E-state index is -1.90. The molecule has 0 unspecified atom stereocenters. The van der Waals surface area contributed by atoms with E-state index in [4.69, 9.17) is 9.16 Å². The molecule has 0 aromatic heterocycles. The largest absolute Gasteiger partial charge is 0.398 e. The Labute approximate surface area is 141 Å². The summed E-state index contributed by atoms with van der Waals surface area (Å²) in [6, 6.07) is 10.5. The van der Waals surface area contributed by atoms with Crippen molar-refractivity contribution in [3.05, 3.63) is 35.9 Å². The first kappa shape index (κ1) is 18.1. The summed E-state index contributed by atoms with van der Waals surface area (Å²) in [4.78, 5) is -0.322. The Kier molecular flexibility index (Phi) is 4.64. The summed E-state index contributed by atoms with van der Waals surface area (Å²) in [5.74, 6) is 0. The number of rotatable bonds is 4. The van der Waals surface area contributed by atoms with E-state index in [2.05, 4.69) is 78.2 Å². The molecule has 1 aliphatic rings. The van der Waals surface area contributed by atoms with Crippen molar-refractivity contribution in [1.82, 2.24) is 0 Å². The van der Waals surface area contributed by atoms with Crippen LogP contribution >= 0.6 is 11.8 Å². The van der Waals surface area contributed by atoms with Gasteiger partial charge in [0, 0.05) is 0 Å². The summed E-state index contributed by atoms with van der Waals surface area (Å²) in [6.07, 6.45) is 2.14. The van der Waals surface area contributed by atoms with E-state index in [1.807, 2.05) is 6.07 Å². The quantitative estimate of drug-likeness (QED) is 0.524. The van der Waals surface area contributed by atoms with Crippen molar-refractivity contribution in [2.24, 2.45) is 0 Å². The minimum absolute atomic E-state index is 0.00664. The second-order valence-electron chi connectivity index (χ2n) is 8.15. The minimum Gasteiger partial charge on any atom is -0.398 e. The van der Waals surface area contributed by atoms with Gasteiger partial charge in [-0.05, 0) is 43.8 Å². The van der Waals surface area contributed by atoms with Gasteiger partial charge in [-0.1, -0.05) is 51.1 Å². The van der Waals surface area contributed by atoms with Crippen molar-refractivity contribution < 1.29 is 9.16 Å². The average molecular weight is 339 g/mol. The van der Waals surface area contributed by atoms with Gasteiger partial charge in [0.05, 0.1) is 0 Å². The van der Waals surface area contributed by atoms with E-state index < -0.39 is 8.32 Å². The van der Waals surface area contributed by atoms with Gasteiger partial charge in [0.1, 0.15) is 11.7 Å². The first-order chi connectivity index (χ1) is 9.97. The van der Waals surface area contributed by atoms with Gasteiger partial charge < -0.3 is 9.16 Å². The predicted molar refractivity (Wildman–Crippen MR) is 98.9 cm³/mol. The molecule has 0 saturated carbocycles. The fourth-order valence-corrected chi connectivity index (χ4v) is 6.04. The molecule has 1 aromatic carbocycles. The van der Waals surface area contributed by atoms with Crippen molar-refractivity contribution in [3.8, 4) is 0 Å². The third-order valence-electron chi connectivity index (χ3n) is 5.22. The van der Waals surface area contributed by atoms with E-state index in [-0.39, 0.29) is 21.7 Å². The molecule has 0 bridgehead atoms. The zero-order chi connectivity index (χ0) is 16.8. The topological polar surface area (TPSA) is 18.5 Å². The molecule has 1 aliphatic heterocycles. The van der Waals surface area contributed by atoms with Crippen LogP contribution in [0.3, 0.4) is 0 Å². The molecule has 124 valence electrons. The van der Waals surface area contributed by atoms with E-state index in [0.717, 1.165) is 0 Å². The summed E-state index contributed by atoms with van der Waals surface area (Å²) < 4.78 is 13.2. The molecule has 2 nitrogen and oxygen atoms in total. The van der Waals surface area contributed by atoms with Gasteiger partial charge in [0.2, 0.25) is 0 Å². The highest BCUT2D eigenvalue weighted by molar-refractivity contribution is 8.00. The highest BCUT2D eigenvalue weighted by atomic mass is 32.2. The molecule has 1 fully saturated rings. The van der Waals surface area contributed by atoms with Crippen molar-refractivity contribution in [2.45, 2.75) is 69.4 Å². The molecule has 0 spiro atoms. The highest BCUT2D eigenvalue weighted by Gasteiger charge is 2.66. The van der Waals surface area contributed by atoms with Crippen molar-refractivity contribution >= 4 is 20.1 Å². The number of hydrogen-bond donors (Lipinski definition) is 0. The standard InChI is InChI=1S/C18H30O2SSi/c1-16(2,3)22(7,8)20-18(21-6)15(19-17(18,4)5)14-12-10-9-11-13-14/h9-13,15H,1-8H3/t15-,18+/m1/s1. The van der Waals surface area contributed by atoms with Crippen LogP contribution in [0.5, 0.6) is 0 Å². The number of thioether (sulfide) groups is 1. The van der Waals surface area contributed by atoms with Gasteiger partial charge in [-0.2, -0.15) is 0 Å². The molecule has 0 aliphatic carbocycles. The number of hydrogen-bond acceptors (Lipinski definition) is 3. The van der Waals surface area contributed by atoms with Crippen LogP contribution in [0.15, 0.2) is 30.3 Å². The van der Waals surface area contributed by atoms with Crippen LogP contribution in [-0.4, -0.2) is 25.1 Å². The van der Waals surface area contributed by atoms with Crippen LogP contribution in [0.25, 0.3) is 0 Å². The van der Waals surface area contributed by atoms with E-state index in [0.29, 0.717) is 0 Å². The zero-order valence-electron chi connectivity index (χ0n) is 15.2. The fraction of sp³-hybridized carbons (Fsp3) is 0.667. The molecule has 0 N–H and O–H groups in total. The first-order valence-electron chi connectivity index (χ1n) is 7.95. The lowest BCUT2D eigenvalue weighted by Gasteiger charge is -2.63. The maximum Gasteiger partial charge on any atom is 0.194 e. The molecule has 22 heavy (non-hydrogen) atoms. The Morgan fingerprint density at radius 1 is 1.14 bits per heavy atom. The number of ether oxygens (including phenoxy) is 1. The molecular weight excluding hydrogens is 308 g/mol. The van der Waals surface area contributed by atoms with E-state index in [1.54, 1.807) is 11.8 Å². The van der Waals surface area contributed by atoms with E-state index >= 15 is 0 Å². The summed E-state index contributed by atoms with van der Waals surface area (Å²) in [5, 5.41) is 0.183. The van der Waals surface area contributed by atoms with Crippen LogP contribution in [0, 0.1) is 0 Å². The third-order valence-corrected chi connectivity index (χ3v) is 11.2. The van der Waals surface area contributed by atoms with Gasteiger partial charge in [0.25, 0.3) is 0 Å². The maximum atomic E-state index is 6.93. The highest BCUT2D eigenvalue weighted by Crippen LogP contribution is 2.61. The molecule has 0 radical (unpaired) electrons. The monoisotopic (exact) mass is 338 g/mol. The third kappa shape index (κ3) is 2.79. The van der Waals surface area contributed by atoms with Crippen molar-refractivity contribution in [1.29, 1.82) is 0 Å². The first-order valence-corrected chi connectivity index (χ1v) is 12.1. The average Bonchev–Trinajstić information content (AvgIpc) is 2.42. The van der Waals surface area contributed by atoms with Crippen LogP contribution in [0.4, 0.5) is 0 Å². The summed E-state index contributed by atoms with van der Waals surface area (Å²) in [5.41, 5.74) is 0.914. The van der Waals surface area contributed by atoms with Gasteiger partial charge in [-0.3, -0.25) is 0 Å². The summed E-state index contributed by atoms with van der Waals surface area (Å²) >= 11 is 1.80. The molecule has 4 heteroatoms. The molecule has 1 heterocycles. The van der Waals surface area contributed by atoms with Gasteiger partial charge in [-0.15, -0.1) is 11.8 Å². The smallest absolute Gasteiger partial charge is 0.194 e.